The van der Waals surface area contributed by atoms with E-state index in [0.717, 1.165) is 10.9 Å². The molecule has 0 spiro atoms. The van der Waals surface area contributed by atoms with Crippen LogP contribution in [0.25, 0.3) is 5.69 Å². The van der Waals surface area contributed by atoms with Crippen LogP contribution in [-0.4, -0.2) is 42.6 Å². The highest BCUT2D eigenvalue weighted by atomic mass is 19.4. The molecule has 6 nitrogen and oxygen atoms in total. The first kappa shape index (κ1) is 27.5. The number of carbonyl (C=O) groups is 2. The Hall–Kier alpha value is -2.68. The van der Waals surface area contributed by atoms with Gasteiger partial charge in [-0.1, -0.05) is 45.9 Å². The van der Waals surface area contributed by atoms with E-state index in [1.54, 1.807) is 37.4 Å². The van der Waals surface area contributed by atoms with E-state index < -0.39 is 23.3 Å². The third kappa shape index (κ3) is 8.81. The van der Waals surface area contributed by atoms with E-state index in [4.69, 9.17) is 4.79 Å². The van der Waals surface area contributed by atoms with Crippen molar-refractivity contribution in [2.45, 2.75) is 33.9 Å². The monoisotopic (exact) mass is 402 g/mol. The van der Waals surface area contributed by atoms with Crippen LogP contribution in [0.5, 0.6) is 0 Å². The summed E-state index contributed by atoms with van der Waals surface area (Å²) in [5.41, 5.74) is -1.24. The van der Waals surface area contributed by atoms with Crippen molar-refractivity contribution in [1.29, 1.82) is 0 Å². The number of likely N-dealkylation sites (N-methyl/N-ethyl adjacent to an activating group) is 1. The summed E-state index contributed by atoms with van der Waals surface area (Å²) in [7, 11) is 1.68. The largest absolute Gasteiger partial charge is 0.435 e. The summed E-state index contributed by atoms with van der Waals surface area (Å²) in [5, 5.41) is 8.73. The zero-order valence-corrected chi connectivity index (χ0v) is 16.9. The minimum Gasteiger partial charge on any atom is -0.351 e. The molecule has 158 valence electrons. The van der Waals surface area contributed by atoms with Crippen LogP contribution in [-0.2, 0) is 11.0 Å². The number of nitrogens with zero attached hydrogens (tertiary/aromatic N) is 2. The molecule has 1 amide bonds. The SMILES string of the molecule is C=O.CC.CC.CNCCNC(=O)c1cn(-c2ccccc2)nc1C(F)(F)F. The molecule has 0 bridgehead atoms. The van der Waals surface area contributed by atoms with Crippen molar-refractivity contribution in [3.8, 4) is 5.69 Å². The fourth-order valence-electron chi connectivity index (χ4n) is 1.86. The fourth-order valence-corrected chi connectivity index (χ4v) is 1.86. The van der Waals surface area contributed by atoms with Gasteiger partial charge < -0.3 is 15.4 Å². The van der Waals surface area contributed by atoms with Crippen molar-refractivity contribution in [2.75, 3.05) is 20.1 Å². The number of carbonyl (C=O) groups excluding carboxylic acids is 2. The van der Waals surface area contributed by atoms with Gasteiger partial charge in [-0.15, -0.1) is 0 Å². The van der Waals surface area contributed by atoms with E-state index in [0.29, 0.717) is 12.2 Å². The summed E-state index contributed by atoms with van der Waals surface area (Å²) < 4.78 is 40.2. The third-order valence-electron chi connectivity index (χ3n) is 2.91. The number of halogens is 3. The molecular formula is C19H29F3N4O2. The van der Waals surface area contributed by atoms with Gasteiger partial charge >= 0.3 is 6.18 Å². The summed E-state index contributed by atoms with van der Waals surface area (Å²) in [6.45, 7) is 10.7. The zero-order chi connectivity index (χ0) is 22.2. The van der Waals surface area contributed by atoms with Gasteiger partial charge in [0, 0.05) is 19.3 Å². The second-order valence-electron chi connectivity index (χ2n) is 4.53. The average molecular weight is 402 g/mol. The van der Waals surface area contributed by atoms with Crippen LogP contribution in [0.1, 0.15) is 43.7 Å². The van der Waals surface area contributed by atoms with Gasteiger partial charge in [0.05, 0.1) is 11.3 Å². The van der Waals surface area contributed by atoms with Crippen molar-refractivity contribution >= 4 is 12.7 Å². The number of rotatable bonds is 5. The van der Waals surface area contributed by atoms with Gasteiger partial charge in [-0.05, 0) is 19.2 Å². The molecule has 0 saturated carbocycles. The molecule has 1 aromatic carbocycles. The first-order valence-corrected chi connectivity index (χ1v) is 8.87. The molecule has 2 N–H and O–H groups in total. The lowest BCUT2D eigenvalue weighted by atomic mass is 10.2. The van der Waals surface area contributed by atoms with Crippen molar-refractivity contribution in [1.82, 2.24) is 20.4 Å². The molecule has 0 aliphatic heterocycles. The molecule has 0 fully saturated rings. The van der Waals surface area contributed by atoms with Crippen LogP contribution in [0.2, 0.25) is 0 Å². The number of alkyl halides is 3. The van der Waals surface area contributed by atoms with Gasteiger partial charge in [-0.2, -0.15) is 18.3 Å². The maximum atomic E-state index is 13.1. The van der Waals surface area contributed by atoms with Crippen molar-refractivity contribution < 1.29 is 22.8 Å². The lowest BCUT2D eigenvalue weighted by molar-refractivity contribution is -0.141. The van der Waals surface area contributed by atoms with Gasteiger partial charge in [0.15, 0.2) is 5.69 Å². The van der Waals surface area contributed by atoms with Crippen molar-refractivity contribution in [3.63, 3.8) is 0 Å². The van der Waals surface area contributed by atoms with E-state index in [9.17, 15) is 18.0 Å². The second kappa shape index (κ2) is 15.4. The number of amides is 1. The van der Waals surface area contributed by atoms with E-state index in [2.05, 4.69) is 15.7 Å². The Morgan fingerprint density at radius 2 is 1.61 bits per heavy atom. The summed E-state index contributed by atoms with van der Waals surface area (Å²) in [4.78, 5) is 19.9. The number of benzene rings is 1. The molecule has 1 heterocycles. The Kier molecular flexibility index (Phi) is 15.1. The van der Waals surface area contributed by atoms with Crippen molar-refractivity contribution in [2.24, 2.45) is 0 Å². The molecule has 0 unspecified atom stereocenters. The Morgan fingerprint density at radius 1 is 1.07 bits per heavy atom. The Balaban J connectivity index is 0. The molecule has 0 aliphatic rings. The highest BCUT2D eigenvalue weighted by Gasteiger charge is 2.39. The van der Waals surface area contributed by atoms with Crippen LogP contribution < -0.4 is 10.6 Å². The molecule has 0 saturated heterocycles. The number of hydrogen-bond donors (Lipinski definition) is 2. The molecule has 2 rings (SSSR count). The molecule has 0 radical (unpaired) electrons. The molecular weight excluding hydrogens is 373 g/mol. The van der Waals surface area contributed by atoms with Crippen LogP contribution >= 0.6 is 0 Å². The summed E-state index contributed by atoms with van der Waals surface area (Å²) in [6, 6.07) is 8.31. The Bertz CT molecular complexity index is 659. The summed E-state index contributed by atoms with van der Waals surface area (Å²) >= 11 is 0. The van der Waals surface area contributed by atoms with Crippen molar-refractivity contribution in [3.05, 3.63) is 47.8 Å². The van der Waals surface area contributed by atoms with Gasteiger partial charge in [0.2, 0.25) is 0 Å². The minimum absolute atomic E-state index is 0.225. The predicted octanol–water partition coefficient (Wildman–Crippen LogP) is 3.71. The van der Waals surface area contributed by atoms with Gasteiger partial charge in [-0.25, -0.2) is 4.68 Å². The summed E-state index contributed by atoms with van der Waals surface area (Å²) in [5.74, 6) is -0.801. The minimum atomic E-state index is -4.70. The van der Waals surface area contributed by atoms with Crippen LogP contribution in [0, 0.1) is 0 Å². The molecule has 28 heavy (non-hydrogen) atoms. The smallest absolute Gasteiger partial charge is 0.351 e. The average Bonchev–Trinajstić information content (AvgIpc) is 3.20. The number of nitrogens with one attached hydrogen (secondary N) is 2. The number of para-hydroxylation sites is 1. The van der Waals surface area contributed by atoms with E-state index in [1.807, 2.05) is 34.5 Å². The maximum absolute atomic E-state index is 13.1. The van der Waals surface area contributed by atoms with E-state index in [-0.39, 0.29) is 6.54 Å². The second-order valence-corrected chi connectivity index (χ2v) is 4.53. The maximum Gasteiger partial charge on any atom is 0.435 e. The topological polar surface area (TPSA) is 76.0 Å². The van der Waals surface area contributed by atoms with Crippen LogP contribution in [0.3, 0.4) is 0 Å². The van der Waals surface area contributed by atoms with E-state index in [1.165, 1.54) is 0 Å². The quantitative estimate of drug-likeness (QED) is 0.748. The third-order valence-corrected chi connectivity index (χ3v) is 2.91. The lowest BCUT2D eigenvalue weighted by Gasteiger charge is -2.06. The summed E-state index contributed by atoms with van der Waals surface area (Å²) in [6.07, 6.45) is -3.61. The first-order chi connectivity index (χ1) is 13.4. The Morgan fingerprint density at radius 3 is 2.07 bits per heavy atom. The molecule has 1 aromatic heterocycles. The number of aromatic nitrogens is 2. The van der Waals surface area contributed by atoms with Gasteiger partial charge in [0.25, 0.3) is 5.91 Å². The standard InChI is InChI=1S/C14H15F3N4O.2C2H6.CH2O/c1-18-7-8-19-13(22)11-9-21(10-5-3-2-4-6-10)20-12(11)14(15,16)17;3*1-2/h2-6,9,18H,7-8H2,1H3,(H,19,22);2*1-2H3;1H2. The van der Waals surface area contributed by atoms with Crippen LogP contribution in [0.15, 0.2) is 36.5 Å². The normalized spacial score (nSPS) is 9.57. The van der Waals surface area contributed by atoms with Gasteiger partial charge in [0.1, 0.15) is 6.79 Å². The molecule has 2 aromatic rings. The lowest BCUT2D eigenvalue weighted by Crippen LogP contribution is -2.31. The predicted molar refractivity (Wildman–Crippen MR) is 105 cm³/mol. The van der Waals surface area contributed by atoms with Crippen LogP contribution in [0.4, 0.5) is 13.2 Å². The highest BCUT2D eigenvalue weighted by Crippen LogP contribution is 2.31. The highest BCUT2D eigenvalue weighted by molar-refractivity contribution is 5.95. The molecule has 9 heteroatoms. The molecule has 0 atom stereocenters. The zero-order valence-electron chi connectivity index (χ0n) is 16.9. The first-order valence-electron chi connectivity index (χ1n) is 8.87. The number of hydrogen-bond acceptors (Lipinski definition) is 4. The van der Waals surface area contributed by atoms with E-state index >= 15 is 0 Å². The Labute approximate surface area is 164 Å². The fraction of sp³-hybridized carbons (Fsp3) is 0.421. The van der Waals surface area contributed by atoms with Gasteiger partial charge in [-0.3, -0.25) is 4.79 Å². The molecule has 0 aliphatic carbocycles.